The van der Waals surface area contributed by atoms with Crippen LogP contribution in [0.25, 0.3) is 0 Å². The molecule has 2 fully saturated rings. The molecule has 114 valence electrons. The van der Waals surface area contributed by atoms with Crippen LogP contribution in [0.1, 0.15) is 31.2 Å². The lowest BCUT2D eigenvalue weighted by molar-refractivity contribution is -0.117. The molecule has 0 bridgehead atoms. The average Bonchev–Trinajstić information content (AvgIpc) is 2.90. The number of carbonyl (C=O) groups excluding carboxylic acids is 1. The van der Waals surface area contributed by atoms with E-state index in [1.54, 1.807) is 0 Å². The molecule has 1 aromatic carbocycles. The number of hydrogen-bond acceptors (Lipinski definition) is 3. The fourth-order valence-electron chi connectivity index (χ4n) is 3.31. The summed E-state index contributed by atoms with van der Waals surface area (Å²) in [6.45, 7) is 4.28. The minimum absolute atomic E-state index is 0.234. The molecule has 21 heavy (non-hydrogen) atoms. The SMILES string of the molecule is O=C1CC(CS)CN1c1ccc(CN2CCCCC2)cc1. The quantitative estimate of drug-likeness (QED) is 0.865. The van der Waals surface area contributed by atoms with Gasteiger partial charge in [-0.3, -0.25) is 9.69 Å². The Kier molecular flexibility index (Phi) is 4.86. The van der Waals surface area contributed by atoms with Gasteiger partial charge in [-0.25, -0.2) is 0 Å². The van der Waals surface area contributed by atoms with E-state index in [0.717, 1.165) is 24.5 Å². The van der Waals surface area contributed by atoms with Crippen LogP contribution in [0, 0.1) is 5.92 Å². The van der Waals surface area contributed by atoms with E-state index in [1.807, 2.05) is 4.90 Å². The monoisotopic (exact) mass is 304 g/mol. The number of anilines is 1. The Hall–Kier alpha value is -1.00. The molecule has 2 heterocycles. The molecule has 0 spiro atoms. The van der Waals surface area contributed by atoms with Crippen molar-refractivity contribution in [1.29, 1.82) is 0 Å². The van der Waals surface area contributed by atoms with E-state index in [-0.39, 0.29) is 5.91 Å². The van der Waals surface area contributed by atoms with Crippen LogP contribution in [0.3, 0.4) is 0 Å². The van der Waals surface area contributed by atoms with Crippen molar-refractivity contribution in [2.45, 2.75) is 32.2 Å². The molecule has 2 aliphatic rings. The molecule has 4 heteroatoms. The van der Waals surface area contributed by atoms with E-state index in [1.165, 1.54) is 37.9 Å². The molecule has 1 amide bonds. The summed E-state index contributed by atoms with van der Waals surface area (Å²) in [5.41, 5.74) is 2.38. The van der Waals surface area contributed by atoms with Crippen molar-refractivity contribution in [1.82, 2.24) is 4.90 Å². The van der Waals surface area contributed by atoms with Gasteiger partial charge < -0.3 is 4.90 Å². The maximum atomic E-state index is 12.0. The van der Waals surface area contributed by atoms with Gasteiger partial charge in [0.25, 0.3) is 0 Å². The van der Waals surface area contributed by atoms with E-state index in [4.69, 9.17) is 0 Å². The lowest BCUT2D eigenvalue weighted by Gasteiger charge is -2.26. The molecule has 1 unspecified atom stereocenters. The third-order valence-corrected chi connectivity index (χ3v) is 5.08. The van der Waals surface area contributed by atoms with Gasteiger partial charge in [-0.2, -0.15) is 12.6 Å². The highest BCUT2D eigenvalue weighted by Gasteiger charge is 2.29. The highest BCUT2D eigenvalue weighted by molar-refractivity contribution is 7.80. The Balaban J connectivity index is 1.62. The third kappa shape index (κ3) is 3.61. The number of piperidine rings is 1. The molecule has 3 nitrogen and oxygen atoms in total. The summed E-state index contributed by atoms with van der Waals surface area (Å²) >= 11 is 4.32. The molecule has 2 saturated heterocycles. The second-order valence-corrected chi connectivity index (χ2v) is 6.63. The van der Waals surface area contributed by atoms with Gasteiger partial charge in [-0.15, -0.1) is 0 Å². The van der Waals surface area contributed by atoms with Crippen LogP contribution in [-0.4, -0.2) is 36.2 Å². The number of nitrogens with zero attached hydrogens (tertiary/aromatic N) is 2. The molecule has 0 saturated carbocycles. The van der Waals surface area contributed by atoms with Crippen molar-refractivity contribution in [3.63, 3.8) is 0 Å². The van der Waals surface area contributed by atoms with Crippen LogP contribution in [0.2, 0.25) is 0 Å². The Labute approximate surface area is 132 Å². The molecule has 0 radical (unpaired) electrons. The first-order valence-electron chi connectivity index (χ1n) is 7.99. The molecular formula is C17H24N2OS. The topological polar surface area (TPSA) is 23.6 Å². The second kappa shape index (κ2) is 6.84. The Morgan fingerprint density at radius 1 is 1.10 bits per heavy atom. The van der Waals surface area contributed by atoms with Gasteiger partial charge >= 0.3 is 0 Å². The number of benzene rings is 1. The number of rotatable bonds is 4. The van der Waals surface area contributed by atoms with Gasteiger partial charge in [-0.05, 0) is 55.3 Å². The van der Waals surface area contributed by atoms with Gasteiger partial charge in [0.05, 0.1) is 0 Å². The van der Waals surface area contributed by atoms with Gasteiger partial charge in [0, 0.05) is 25.2 Å². The van der Waals surface area contributed by atoms with E-state index >= 15 is 0 Å². The minimum atomic E-state index is 0.234. The highest BCUT2D eigenvalue weighted by atomic mass is 32.1. The summed E-state index contributed by atoms with van der Waals surface area (Å²) < 4.78 is 0. The molecule has 3 rings (SSSR count). The maximum absolute atomic E-state index is 12.0. The van der Waals surface area contributed by atoms with E-state index in [9.17, 15) is 4.79 Å². The summed E-state index contributed by atoms with van der Waals surface area (Å²) in [6.07, 6.45) is 4.66. The van der Waals surface area contributed by atoms with Gasteiger partial charge in [0.15, 0.2) is 0 Å². The van der Waals surface area contributed by atoms with E-state index in [2.05, 4.69) is 41.8 Å². The highest BCUT2D eigenvalue weighted by Crippen LogP contribution is 2.26. The van der Waals surface area contributed by atoms with Crippen LogP contribution in [0.5, 0.6) is 0 Å². The van der Waals surface area contributed by atoms with Crippen molar-refractivity contribution in [3.8, 4) is 0 Å². The van der Waals surface area contributed by atoms with Gasteiger partial charge in [-0.1, -0.05) is 18.6 Å². The van der Waals surface area contributed by atoms with Crippen LogP contribution < -0.4 is 4.90 Å². The third-order valence-electron chi connectivity index (χ3n) is 4.57. The van der Waals surface area contributed by atoms with Crippen LogP contribution in [-0.2, 0) is 11.3 Å². The van der Waals surface area contributed by atoms with Gasteiger partial charge in [0.1, 0.15) is 0 Å². The number of hydrogen-bond donors (Lipinski definition) is 1. The first-order chi connectivity index (χ1) is 10.3. The molecule has 1 atom stereocenters. The summed E-state index contributed by atoms with van der Waals surface area (Å²) in [7, 11) is 0. The van der Waals surface area contributed by atoms with Gasteiger partial charge in [0.2, 0.25) is 5.91 Å². The molecule has 0 N–H and O–H groups in total. The molecule has 2 aliphatic heterocycles. The Bertz CT molecular complexity index is 482. The second-order valence-electron chi connectivity index (χ2n) is 6.26. The smallest absolute Gasteiger partial charge is 0.227 e. The standard InChI is InChI=1S/C17H24N2OS/c20-17-10-15(13-21)12-19(17)16-6-4-14(5-7-16)11-18-8-2-1-3-9-18/h4-7,15,21H,1-3,8-13H2. The van der Waals surface area contributed by atoms with Crippen LogP contribution >= 0.6 is 12.6 Å². The number of likely N-dealkylation sites (tertiary alicyclic amines) is 1. The van der Waals surface area contributed by atoms with Crippen molar-refractivity contribution in [2.24, 2.45) is 5.92 Å². The van der Waals surface area contributed by atoms with E-state index in [0.29, 0.717) is 12.3 Å². The Morgan fingerprint density at radius 3 is 2.43 bits per heavy atom. The number of thiol groups is 1. The van der Waals surface area contributed by atoms with E-state index < -0.39 is 0 Å². The first kappa shape index (κ1) is 14.9. The molecule has 1 aromatic rings. The van der Waals surface area contributed by atoms with Crippen LogP contribution in [0.4, 0.5) is 5.69 Å². The first-order valence-corrected chi connectivity index (χ1v) is 8.62. The minimum Gasteiger partial charge on any atom is -0.312 e. The zero-order valence-corrected chi connectivity index (χ0v) is 13.4. The molecular weight excluding hydrogens is 280 g/mol. The lowest BCUT2D eigenvalue weighted by Crippen LogP contribution is -2.29. The lowest BCUT2D eigenvalue weighted by atomic mass is 10.1. The number of amides is 1. The normalized spacial score (nSPS) is 23.8. The fourth-order valence-corrected chi connectivity index (χ4v) is 3.55. The van der Waals surface area contributed by atoms with Crippen molar-refractivity contribution < 1.29 is 4.79 Å². The zero-order valence-electron chi connectivity index (χ0n) is 12.5. The summed E-state index contributed by atoms with van der Waals surface area (Å²) in [5.74, 6) is 1.42. The fraction of sp³-hybridized carbons (Fsp3) is 0.588. The van der Waals surface area contributed by atoms with Crippen molar-refractivity contribution >= 4 is 24.2 Å². The predicted octanol–water partition coefficient (Wildman–Crippen LogP) is 2.96. The van der Waals surface area contributed by atoms with Crippen molar-refractivity contribution in [2.75, 3.05) is 30.3 Å². The molecule has 0 aliphatic carbocycles. The van der Waals surface area contributed by atoms with Crippen LogP contribution in [0.15, 0.2) is 24.3 Å². The number of carbonyl (C=O) groups is 1. The zero-order chi connectivity index (χ0) is 14.7. The summed E-state index contributed by atoms with van der Waals surface area (Å²) in [5, 5.41) is 0. The maximum Gasteiger partial charge on any atom is 0.227 e. The van der Waals surface area contributed by atoms with Crippen molar-refractivity contribution in [3.05, 3.63) is 29.8 Å². The summed E-state index contributed by atoms with van der Waals surface area (Å²) in [4.78, 5) is 16.5. The molecule has 0 aromatic heterocycles. The average molecular weight is 304 g/mol. The Morgan fingerprint density at radius 2 is 1.81 bits per heavy atom. The summed E-state index contributed by atoms with van der Waals surface area (Å²) in [6, 6.07) is 8.53. The largest absolute Gasteiger partial charge is 0.312 e. The predicted molar refractivity (Wildman–Crippen MR) is 89.9 cm³/mol.